The maximum absolute atomic E-state index is 11.5. The van der Waals surface area contributed by atoms with Crippen molar-refractivity contribution >= 4 is 28.3 Å². The number of aromatic nitrogens is 3. The highest BCUT2D eigenvalue weighted by Crippen LogP contribution is 2.28. The van der Waals surface area contributed by atoms with Gasteiger partial charge in [-0.05, 0) is 53.6 Å². The van der Waals surface area contributed by atoms with E-state index in [1.54, 1.807) is 44.9 Å². The van der Waals surface area contributed by atoms with E-state index in [0.717, 1.165) is 33.5 Å². The van der Waals surface area contributed by atoms with Gasteiger partial charge < -0.3 is 19.5 Å². The quantitative estimate of drug-likeness (QED) is 0.350. The number of rotatable bonds is 8. The topological polar surface area (TPSA) is 89.2 Å². The number of aromatic carboxylic acids is 1. The van der Waals surface area contributed by atoms with Crippen molar-refractivity contribution in [2.24, 2.45) is 0 Å². The summed E-state index contributed by atoms with van der Waals surface area (Å²) in [5, 5.41) is 10.2. The van der Waals surface area contributed by atoms with Crippen molar-refractivity contribution in [1.82, 2.24) is 14.4 Å². The number of benzene rings is 3. The molecule has 35 heavy (non-hydrogen) atoms. The number of anilines is 1. The summed E-state index contributed by atoms with van der Waals surface area (Å²) in [6.07, 6.45) is 3.44. The Morgan fingerprint density at radius 2 is 1.51 bits per heavy atom. The van der Waals surface area contributed by atoms with Gasteiger partial charge in [0.15, 0.2) is 0 Å². The summed E-state index contributed by atoms with van der Waals surface area (Å²) in [5.41, 5.74) is 3.89. The van der Waals surface area contributed by atoms with Crippen LogP contribution in [-0.4, -0.2) is 39.7 Å². The number of fused-ring (bicyclic) bond motifs is 3. The molecule has 5 aromatic rings. The molecule has 1 N–H and O–H groups in total. The maximum atomic E-state index is 11.5. The number of carbonyl (C=O) groups is 1. The van der Waals surface area contributed by atoms with Crippen molar-refractivity contribution in [2.75, 3.05) is 19.1 Å². The van der Waals surface area contributed by atoms with Gasteiger partial charge in [0.05, 0.1) is 37.0 Å². The van der Waals surface area contributed by atoms with E-state index < -0.39 is 5.97 Å². The predicted octanol–water partition coefficient (Wildman–Crippen LogP) is 4.80. The second-order valence-electron chi connectivity index (χ2n) is 8.15. The number of hydrogen-bond acceptors (Lipinski definition) is 6. The lowest BCUT2D eigenvalue weighted by molar-refractivity contribution is 0.0697. The molecule has 0 radical (unpaired) electrons. The van der Waals surface area contributed by atoms with E-state index in [-0.39, 0.29) is 5.56 Å². The minimum atomic E-state index is -0.978. The first-order valence-electron chi connectivity index (χ1n) is 11.1. The molecule has 0 amide bonds. The number of carboxylic acids is 1. The molecule has 5 rings (SSSR count). The lowest BCUT2D eigenvalue weighted by Gasteiger charge is -2.25. The van der Waals surface area contributed by atoms with Crippen LogP contribution < -0.4 is 14.4 Å². The highest BCUT2D eigenvalue weighted by Gasteiger charge is 2.18. The number of methoxy groups -OCH3 is 2. The zero-order chi connectivity index (χ0) is 24.4. The summed E-state index contributed by atoms with van der Waals surface area (Å²) in [4.78, 5) is 23.0. The summed E-state index contributed by atoms with van der Waals surface area (Å²) in [6.45, 7) is 1.18. The van der Waals surface area contributed by atoms with E-state index in [2.05, 4.69) is 9.88 Å². The zero-order valence-electron chi connectivity index (χ0n) is 19.4. The van der Waals surface area contributed by atoms with Crippen molar-refractivity contribution in [3.63, 3.8) is 0 Å². The molecule has 0 saturated carbocycles. The van der Waals surface area contributed by atoms with Crippen LogP contribution in [0.25, 0.3) is 16.4 Å². The summed E-state index contributed by atoms with van der Waals surface area (Å²) < 4.78 is 12.5. The highest BCUT2D eigenvalue weighted by molar-refractivity contribution is 6.00. The van der Waals surface area contributed by atoms with E-state index in [4.69, 9.17) is 14.5 Å². The van der Waals surface area contributed by atoms with E-state index >= 15 is 0 Å². The molecule has 2 aromatic heterocycles. The van der Waals surface area contributed by atoms with Crippen LogP contribution >= 0.6 is 0 Å². The minimum absolute atomic E-state index is 0.212. The van der Waals surface area contributed by atoms with E-state index in [0.29, 0.717) is 24.6 Å². The number of imidazole rings is 1. The predicted molar refractivity (Wildman–Crippen MR) is 133 cm³/mol. The van der Waals surface area contributed by atoms with Gasteiger partial charge in [-0.15, -0.1) is 0 Å². The standard InChI is InChI=1S/C27H24N4O4/c1-34-21-8-3-18(4-9-21)15-30(16-19-5-10-22(35-2)11-6-19)27-29-24-12-7-20(26(32)33)13-23(24)25-14-28-17-31(25)27/h3-14,17H,15-16H2,1-2H3,(H,32,33). The molecule has 0 spiro atoms. The van der Waals surface area contributed by atoms with Crippen LogP contribution in [0.2, 0.25) is 0 Å². The smallest absolute Gasteiger partial charge is 0.335 e. The first-order chi connectivity index (χ1) is 17.1. The van der Waals surface area contributed by atoms with Crippen LogP contribution in [0.3, 0.4) is 0 Å². The lowest BCUT2D eigenvalue weighted by atomic mass is 10.1. The normalized spacial score (nSPS) is 11.0. The Balaban J connectivity index is 1.61. The average Bonchev–Trinajstić information content (AvgIpc) is 3.39. The minimum Gasteiger partial charge on any atom is -0.497 e. The maximum Gasteiger partial charge on any atom is 0.335 e. The van der Waals surface area contributed by atoms with Crippen molar-refractivity contribution in [2.45, 2.75) is 13.1 Å². The Hall–Kier alpha value is -4.59. The largest absolute Gasteiger partial charge is 0.497 e. The van der Waals surface area contributed by atoms with Gasteiger partial charge in [0.1, 0.15) is 17.8 Å². The third kappa shape index (κ3) is 4.46. The van der Waals surface area contributed by atoms with Gasteiger partial charge in [0.2, 0.25) is 5.95 Å². The van der Waals surface area contributed by atoms with Crippen molar-refractivity contribution in [1.29, 1.82) is 0 Å². The van der Waals surface area contributed by atoms with Crippen LogP contribution in [0.1, 0.15) is 21.5 Å². The van der Waals surface area contributed by atoms with Crippen LogP contribution in [-0.2, 0) is 13.1 Å². The van der Waals surface area contributed by atoms with Gasteiger partial charge in [0, 0.05) is 18.5 Å². The monoisotopic (exact) mass is 468 g/mol. The Labute approximate surface area is 202 Å². The number of nitrogens with zero attached hydrogens (tertiary/aromatic N) is 4. The Morgan fingerprint density at radius 3 is 2.06 bits per heavy atom. The van der Waals surface area contributed by atoms with Crippen LogP contribution in [0, 0.1) is 0 Å². The highest BCUT2D eigenvalue weighted by atomic mass is 16.5. The zero-order valence-corrected chi connectivity index (χ0v) is 19.4. The number of hydrogen-bond donors (Lipinski definition) is 1. The lowest BCUT2D eigenvalue weighted by Crippen LogP contribution is -2.25. The fourth-order valence-electron chi connectivity index (χ4n) is 4.11. The molecule has 8 heteroatoms. The Morgan fingerprint density at radius 1 is 0.914 bits per heavy atom. The number of ether oxygens (including phenoxy) is 2. The Bertz CT molecular complexity index is 1440. The fourth-order valence-corrected chi connectivity index (χ4v) is 4.11. The molecule has 0 aliphatic rings. The molecule has 0 unspecified atom stereocenters. The summed E-state index contributed by atoms with van der Waals surface area (Å²) >= 11 is 0. The first-order valence-corrected chi connectivity index (χ1v) is 11.1. The first kappa shape index (κ1) is 22.2. The molecule has 176 valence electrons. The molecule has 0 aliphatic heterocycles. The molecule has 0 saturated heterocycles. The van der Waals surface area contributed by atoms with Crippen LogP contribution in [0.5, 0.6) is 11.5 Å². The summed E-state index contributed by atoms with van der Waals surface area (Å²) in [6, 6.07) is 20.9. The molecular formula is C27H24N4O4. The molecule has 0 aliphatic carbocycles. The summed E-state index contributed by atoms with van der Waals surface area (Å²) in [7, 11) is 3.30. The van der Waals surface area contributed by atoms with Gasteiger partial charge in [0.25, 0.3) is 0 Å². The average molecular weight is 469 g/mol. The second kappa shape index (κ2) is 9.34. The summed E-state index contributed by atoms with van der Waals surface area (Å²) in [5.74, 6) is 1.32. The molecule has 2 heterocycles. The molecule has 8 nitrogen and oxygen atoms in total. The molecule has 0 atom stereocenters. The van der Waals surface area contributed by atoms with Gasteiger partial charge in [-0.1, -0.05) is 24.3 Å². The number of carboxylic acid groups (broad SMARTS) is 1. The third-order valence-electron chi connectivity index (χ3n) is 5.94. The van der Waals surface area contributed by atoms with Crippen LogP contribution in [0.15, 0.2) is 79.3 Å². The fraction of sp³-hybridized carbons (Fsp3) is 0.148. The van der Waals surface area contributed by atoms with Gasteiger partial charge >= 0.3 is 5.97 Å². The SMILES string of the molecule is COc1ccc(CN(Cc2ccc(OC)cc2)c2nc3ccc(C(=O)O)cc3c3cncn23)cc1. The second-order valence-corrected chi connectivity index (χ2v) is 8.15. The Kier molecular flexibility index (Phi) is 5.93. The van der Waals surface area contributed by atoms with E-state index in [1.807, 2.05) is 52.9 Å². The molecule has 0 bridgehead atoms. The van der Waals surface area contributed by atoms with Gasteiger partial charge in [-0.25, -0.2) is 14.8 Å². The van der Waals surface area contributed by atoms with E-state index in [1.165, 1.54) is 0 Å². The van der Waals surface area contributed by atoms with Crippen LogP contribution in [0.4, 0.5) is 5.95 Å². The van der Waals surface area contributed by atoms with Crippen molar-refractivity contribution < 1.29 is 19.4 Å². The third-order valence-corrected chi connectivity index (χ3v) is 5.94. The van der Waals surface area contributed by atoms with Crippen molar-refractivity contribution in [3.05, 3.63) is 95.9 Å². The molecule has 0 fully saturated rings. The van der Waals surface area contributed by atoms with Crippen molar-refractivity contribution in [3.8, 4) is 11.5 Å². The van der Waals surface area contributed by atoms with E-state index in [9.17, 15) is 9.90 Å². The molecule has 3 aromatic carbocycles. The van der Waals surface area contributed by atoms with Gasteiger partial charge in [-0.3, -0.25) is 4.40 Å². The molecular weight excluding hydrogens is 444 g/mol. The van der Waals surface area contributed by atoms with Gasteiger partial charge in [-0.2, -0.15) is 0 Å².